The van der Waals surface area contributed by atoms with Gasteiger partial charge in [0.1, 0.15) is 11.8 Å². The second-order valence-electron chi connectivity index (χ2n) is 4.23. The number of rotatable bonds is 2. The van der Waals surface area contributed by atoms with E-state index in [2.05, 4.69) is 42.3 Å². The first-order valence-electron chi connectivity index (χ1n) is 5.67. The van der Waals surface area contributed by atoms with Gasteiger partial charge in [0.2, 0.25) is 0 Å². The summed E-state index contributed by atoms with van der Waals surface area (Å²) in [6.45, 7) is 4.08. The molecular weight excluding hydrogens is 218 g/mol. The lowest BCUT2D eigenvalue weighted by Crippen LogP contribution is -2.47. The number of hydrogen-bond acceptors (Lipinski definition) is 6. The van der Waals surface area contributed by atoms with Crippen LogP contribution in [0.4, 0.5) is 5.82 Å². The summed E-state index contributed by atoms with van der Waals surface area (Å²) < 4.78 is 0. The van der Waals surface area contributed by atoms with Crippen molar-refractivity contribution in [2.75, 3.05) is 38.7 Å². The molecule has 0 unspecified atom stereocenters. The molecule has 0 aromatic carbocycles. The highest BCUT2D eigenvalue weighted by molar-refractivity contribution is 5.81. The number of anilines is 1. The van der Waals surface area contributed by atoms with Crippen LogP contribution in [0.2, 0.25) is 0 Å². The SMILES string of the molecule is CN1CCN(Nc2ncnc3nc[nH]c23)CC1. The third-order valence-corrected chi connectivity index (χ3v) is 2.99. The molecule has 0 atom stereocenters. The van der Waals surface area contributed by atoms with Gasteiger partial charge in [0.25, 0.3) is 0 Å². The molecule has 3 heterocycles. The Morgan fingerprint density at radius 3 is 2.82 bits per heavy atom. The highest BCUT2D eigenvalue weighted by atomic mass is 15.5. The first kappa shape index (κ1) is 10.4. The number of H-pyrrole nitrogens is 1. The van der Waals surface area contributed by atoms with Gasteiger partial charge >= 0.3 is 0 Å². The molecule has 2 N–H and O–H groups in total. The Hall–Kier alpha value is -1.73. The van der Waals surface area contributed by atoms with Crippen LogP contribution in [0.25, 0.3) is 11.2 Å². The monoisotopic (exact) mass is 233 g/mol. The number of hydrogen-bond donors (Lipinski definition) is 2. The van der Waals surface area contributed by atoms with E-state index in [4.69, 9.17) is 0 Å². The molecule has 2 aromatic rings. The molecule has 90 valence electrons. The van der Waals surface area contributed by atoms with E-state index < -0.39 is 0 Å². The van der Waals surface area contributed by atoms with E-state index in [1.165, 1.54) is 6.33 Å². The zero-order valence-electron chi connectivity index (χ0n) is 9.72. The van der Waals surface area contributed by atoms with Gasteiger partial charge in [-0.05, 0) is 7.05 Å². The van der Waals surface area contributed by atoms with Crippen molar-refractivity contribution >= 4 is 17.0 Å². The van der Waals surface area contributed by atoms with Crippen molar-refractivity contribution in [2.24, 2.45) is 0 Å². The normalized spacial score (nSPS) is 18.6. The van der Waals surface area contributed by atoms with Crippen LogP contribution < -0.4 is 5.43 Å². The van der Waals surface area contributed by atoms with Gasteiger partial charge in [0.05, 0.1) is 6.33 Å². The number of imidazole rings is 1. The number of fused-ring (bicyclic) bond motifs is 1. The van der Waals surface area contributed by atoms with Crippen molar-refractivity contribution in [3.05, 3.63) is 12.7 Å². The van der Waals surface area contributed by atoms with Crippen LogP contribution in [0.1, 0.15) is 0 Å². The minimum absolute atomic E-state index is 0.691. The minimum atomic E-state index is 0.691. The summed E-state index contributed by atoms with van der Waals surface area (Å²) in [5, 5.41) is 2.17. The fourth-order valence-corrected chi connectivity index (χ4v) is 1.92. The average molecular weight is 233 g/mol. The third kappa shape index (κ3) is 2.06. The highest BCUT2D eigenvalue weighted by Gasteiger charge is 2.15. The fourth-order valence-electron chi connectivity index (χ4n) is 1.92. The molecule has 0 bridgehead atoms. The largest absolute Gasteiger partial charge is 0.340 e. The molecule has 1 aliphatic rings. The summed E-state index contributed by atoms with van der Waals surface area (Å²) in [5.41, 5.74) is 4.86. The second kappa shape index (κ2) is 4.27. The summed E-state index contributed by atoms with van der Waals surface area (Å²) in [5.74, 6) is 0.789. The van der Waals surface area contributed by atoms with Crippen molar-refractivity contribution in [3.8, 4) is 0 Å². The van der Waals surface area contributed by atoms with Gasteiger partial charge in [0, 0.05) is 26.2 Å². The zero-order chi connectivity index (χ0) is 11.7. The zero-order valence-corrected chi connectivity index (χ0v) is 9.72. The van der Waals surface area contributed by atoms with E-state index in [1.54, 1.807) is 6.33 Å². The Morgan fingerprint density at radius 1 is 1.18 bits per heavy atom. The number of nitrogens with zero attached hydrogens (tertiary/aromatic N) is 5. The second-order valence-corrected chi connectivity index (χ2v) is 4.23. The summed E-state index contributed by atoms with van der Waals surface area (Å²) in [7, 11) is 2.13. The van der Waals surface area contributed by atoms with Crippen LogP contribution in [-0.2, 0) is 0 Å². The van der Waals surface area contributed by atoms with Crippen molar-refractivity contribution < 1.29 is 0 Å². The quantitative estimate of drug-likeness (QED) is 0.756. The Labute approximate surface area is 98.8 Å². The maximum Gasteiger partial charge on any atom is 0.182 e. The van der Waals surface area contributed by atoms with Crippen LogP contribution in [0, 0.1) is 0 Å². The molecule has 17 heavy (non-hydrogen) atoms. The molecule has 0 amide bonds. The first-order chi connectivity index (χ1) is 8.33. The highest BCUT2D eigenvalue weighted by Crippen LogP contribution is 2.15. The van der Waals surface area contributed by atoms with Crippen LogP contribution >= 0.6 is 0 Å². The van der Waals surface area contributed by atoms with Gasteiger partial charge in [-0.2, -0.15) is 0 Å². The minimum Gasteiger partial charge on any atom is -0.340 e. The van der Waals surface area contributed by atoms with Crippen LogP contribution in [0.3, 0.4) is 0 Å². The Balaban J connectivity index is 1.78. The van der Waals surface area contributed by atoms with Gasteiger partial charge in [0.15, 0.2) is 11.5 Å². The predicted molar refractivity (Wildman–Crippen MR) is 64.4 cm³/mol. The Kier molecular flexibility index (Phi) is 2.62. The van der Waals surface area contributed by atoms with E-state index >= 15 is 0 Å². The average Bonchev–Trinajstić information content (AvgIpc) is 2.81. The molecule has 0 spiro atoms. The van der Waals surface area contributed by atoms with Crippen molar-refractivity contribution in [3.63, 3.8) is 0 Å². The fraction of sp³-hybridized carbons (Fsp3) is 0.500. The molecule has 0 radical (unpaired) electrons. The summed E-state index contributed by atoms with van der Waals surface area (Å²) in [4.78, 5) is 17.8. The van der Waals surface area contributed by atoms with Crippen molar-refractivity contribution in [2.45, 2.75) is 0 Å². The first-order valence-corrected chi connectivity index (χ1v) is 5.67. The molecular formula is C10H15N7. The molecule has 3 rings (SSSR count). The molecule has 1 aliphatic heterocycles. The van der Waals surface area contributed by atoms with Crippen LogP contribution in [0.5, 0.6) is 0 Å². The smallest absolute Gasteiger partial charge is 0.182 e. The van der Waals surface area contributed by atoms with E-state index in [0.717, 1.165) is 37.5 Å². The number of piperazine rings is 1. The van der Waals surface area contributed by atoms with Gasteiger partial charge < -0.3 is 15.3 Å². The third-order valence-electron chi connectivity index (χ3n) is 2.99. The van der Waals surface area contributed by atoms with Gasteiger partial charge in [-0.3, -0.25) is 0 Å². The summed E-state index contributed by atoms with van der Waals surface area (Å²) >= 11 is 0. The lowest BCUT2D eigenvalue weighted by atomic mass is 10.4. The molecule has 0 aliphatic carbocycles. The van der Waals surface area contributed by atoms with E-state index in [-0.39, 0.29) is 0 Å². The number of nitrogens with one attached hydrogen (secondary N) is 2. The lowest BCUT2D eigenvalue weighted by Gasteiger charge is -2.32. The Bertz CT molecular complexity index is 500. The van der Waals surface area contributed by atoms with Crippen LogP contribution in [-0.4, -0.2) is 63.1 Å². The van der Waals surface area contributed by atoms with Crippen LogP contribution in [0.15, 0.2) is 12.7 Å². The maximum atomic E-state index is 4.24. The topological polar surface area (TPSA) is 73.0 Å². The summed E-state index contributed by atoms with van der Waals surface area (Å²) in [6.07, 6.45) is 3.16. The number of aromatic amines is 1. The standard InChI is InChI=1S/C10H15N7/c1-16-2-4-17(5-3-16)15-10-8-9(12-6-11-8)13-7-14-10/h6-7H,2-5H2,1H3,(H2,11,12,13,14,15). The molecule has 1 fully saturated rings. The van der Waals surface area contributed by atoms with E-state index in [9.17, 15) is 0 Å². The van der Waals surface area contributed by atoms with E-state index in [1.807, 2.05) is 0 Å². The number of aromatic nitrogens is 4. The van der Waals surface area contributed by atoms with Gasteiger partial charge in [-0.1, -0.05) is 0 Å². The van der Waals surface area contributed by atoms with Crippen molar-refractivity contribution in [1.29, 1.82) is 0 Å². The van der Waals surface area contributed by atoms with Gasteiger partial charge in [-0.25, -0.2) is 20.0 Å². The lowest BCUT2D eigenvalue weighted by molar-refractivity contribution is 0.178. The predicted octanol–water partition coefficient (Wildman–Crippen LogP) is -0.0728. The maximum absolute atomic E-state index is 4.24. The van der Waals surface area contributed by atoms with E-state index in [0.29, 0.717) is 5.65 Å². The molecule has 0 saturated carbocycles. The van der Waals surface area contributed by atoms with Gasteiger partial charge in [-0.15, -0.1) is 0 Å². The number of likely N-dealkylation sites (N-methyl/N-ethyl adjacent to an activating group) is 1. The Morgan fingerprint density at radius 2 is 2.00 bits per heavy atom. The molecule has 7 heteroatoms. The summed E-state index contributed by atoms with van der Waals surface area (Å²) in [6, 6.07) is 0. The number of hydrazine groups is 1. The van der Waals surface area contributed by atoms with Crippen molar-refractivity contribution in [1.82, 2.24) is 29.8 Å². The molecule has 2 aromatic heterocycles. The molecule has 7 nitrogen and oxygen atoms in total. The molecule has 1 saturated heterocycles.